The van der Waals surface area contributed by atoms with Crippen LogP contribution in [0.1, 0.15) is 11.1 Å². The molecule has 2 saturated heterocycles. The van der Waals surface area contributed by atoms with Gasteiger partial charge in [-0.3, -0.25) is 4.79 Å². The molecule has 0 radical (unpaired) electrons. The Hall–Kier alpha value is -3.83. The van der Waals surface area contributed by atoms with Crippen LogP contribution in [0.4, 0.5) is 23.4 Å². The molecule has 2 fully saturated rings. The summed E-state index contributed by atoms with van der Waals surface area (Å²) in [5.74, 6) is 2.01. The SMILES string of the molecule is CN1CCN(C(=O)Cc2ccc(N3CCc4c(-c5cnc(N)nc5)nc(N5CCOCC5)nc43)cc2)CC1. The van der Waals surface area contributed by atoms with Crippen LogP contribution >= 0.6 is 0 Å². The molecule has 0 aliphatic carbocycles. The van der Waals surface area contributed by atoms with Crippen molar-refractivity contribution >= 4 is 29.3 Å². The highest BCUT2D eigenvalue weighted by Crippen LogP contribution is 2.39. The maximum atomic E-state index is 12.8. The van der Waals surface area contributed by atoms with Gasteiger partial charge in [0.05, 0.1) is 25.3 Å². The van der Waals surface area contributed by atoms with Crippen LogP contribution in [-0.4, -0.2) is 102 Å². The maximum Gasteiger partial charge on any atom is 0.228 e. The molecule has 5 heterocycles. The number of hydrogen-bond donors (Lipinski definition) is 1. The zero-order chi connectivity index (χ0) is 26.1. The zero-order valence-corrected chi connectivity index (χ0v) is 21.7. The molecule has 0 bridgehead atoms. The molecule has 2 N–H and O–H groups in total. The van der Waals surface area contributed by atoms with Gasteiger partial charge in [-0.25, -0.2) is 15.0 Å². The molecular weight excluding hydrogens is 482 g/mol. The van der Waals surface area contributed by atoms with Gasteiger partial charge in [0.15, 0.2) is 0 Å². The highest BCUT2D eigenvalue weighted by molar-refractivity contribution is 5.80. The van der Waals surface area contributed by atoms with Crippen molar-refractivity contribution in [1.82, 2.24) is 29.7 Å². The summed E-state index contributed by atoms with van der Waals surface area (Å²) in [7, 11) is 2.10. The quantitative estimate of drug-likeness (QED) is 0.534. The summed E-state index contributed by atoms with van der Waals surface area (Å²) < 4.78 is 5.54. The molecule has 1 amide bonds. The molecule has 6 rings (SSSR count). The van der Waals surface area contributed by atoms with Crippen molar-refractivity contribution in [2.45, 2.75) is 12.8 Å². The Labute approximate surface area is 222 Å². The van der Waals surface area contributed by atoms with Gasteiger partial charge >= 0.3 is 0 Å². The smallest absolute Gasteiger partial charge is 0.228 e. The molecule has 3 aliphatic heterocycles. The summed E-state index contributed by atoms with van der Waals surface area (Å²) in [5, 5.41) is 0. The third-order valence-corrected chi connectivity index (χ3v) is 7.51. The predicted molar refractivity (Wildman–Crippen MR) is 145 cm³/mol. The van der Waals surface area contributed by atoms with Gasteiger partial charge in [0.1, 0.15) is 5.82 Å². The van der Waals surface area contributed by atoms with Crippen molar-refractivity contribution in [2.75, 3.05) is 81.6 Å². The van der Waals surface area contributed by atoms with Gasteiger partial charge in [0.2, 0.25) is 17.8 Å². The first-order valence-corrected chi connectivity index (χ1v) is 13.2. The summed E-state index contributed by atoms with van der Waals surface area (Å²) in [6.07, 6.45) is 4.68. The van der Waals surface area contributed by atoms with Crippen molar-refractivity contribution in [3.05, 3.63) is 47.8 Å². The maximum absolute atomic E-state index is 12.8. The van der Waals surface area contributed by atoms with Gasteiger partial charge in [0.25, 0.3) is 0 Å². The Kier molecular flexibility index (Phi) is 6.77. The summed E-state index contributed by atoms with van der Waals surface area (Å²) in [6.45, 7) is 7.03. The lowest BCUT2D eigenvalue weighted by atomic mass is 10.1. The van der Waals surface area contributed by atoms with Crippen molar-refractivity contribution in [1.29, 1.82) is 0 Å². The van der Waals surface area contributed by atoms with Crippen LogP contribution in [0.25, 0.3) is 11.3 Å². The number of amides is 1. The van der Waals surface area contributed by atoms with Gasteiger partial charge in [-0.15, -0.1) is 0 Å². The largest absolute Gasteiger partial charge is 0.378 e. The molecule has 3 aliphatic rings. The molecule has 11 heteroatoms. The lowest BCUT2D eigenvalue weighted by Gasteiger charge is -2.32. The standard InChI is InChI=1S/C27H33N9O2/c1-33-8-10-34(11-9-33)23(37)16-19-2-4-21(5-3-19)36-7-6-22-24(20-17-29-26(28)30-18-20)31-27(32-25(22)36)35-12-14-38-15-13-35/h2-5,17-18H,6-16H2,1H3,(H2,28,29,30). The van der Waals surface area contributed by atoms with Gasteiger partial charge < -0.3 is 30.1 Å². The average molecular weight is 516 g/mol. The number of nitrogen functional groups attached to an aromatic ring is 1. The minimum atomic E-state index is 0.190. The monoisotopic (exact) mass is 515 g/mol. The second-order valence-corrected chi connectivity index (χ2v) is 10.0. The third-order valence-electron chi connectivity index (χ3n) is 7.51. The molecular formula is C27H33N9O2. The number of likely N-dealkylation sites (N-methyl/N-ethyl adjacent to an activating group) is 1. The number of rotatable bonds is 5. The minimum absolute atomic E-state index is 0.190. The lowest BCUT2D eigenvalue weighted by molar-refractivity contribution is -0.132. The Bertz CT molecular complexity index is 1290. The Morgan fingerprint density at radius 1 is 0.947 bits per heavy atom. The summed E-state index contributed by atoms with van der Waals surface area (Å²) in [6, 6.07) is 8.29. The second-order valence-electron chi connectivity index (χ2n) is 10.0. The third kappa shape index (κ3) is 4.99. The Morgan fingerprint density at radius 3 is 2.37 bits per heavy atom. The van der Waals surface area contributed by atoms with Gasteiger partial charge in [-0.2, -0.15) is 4.98 Å². The lowest BCUT2D eigenvalue weighted by Crippen LogP contribution is -2.47. The number of carbonyl (C=O) groups is 1. The number of anilines is 4. The fourth-order valence-electron chi connectivity index (χ4n) is 5.23. The van der Waals surface area contributed by atoms with E-state index in [1.807, 2.05) is 4.90 Å². The van der Waals surface area contributed by atoms with E-state index < -0.39 is 0 Å². The fourth-order valence-corrected chi connectivity index (χ4v) is 5.23. The van der Waals surface area contributed by atoms with Crippen LogP contribution in [0, 0.1) is 0 Å². The highest BCUT2D eigenvalue weighted by Gasteiger charge is 2.29. The van der Waals surface area contributed by atoms with E-state index in [9.17, 15) is 4.79 Å². The number of carbonyl (C=O) groups excluding carboxylic acids is 1. The molecule has 0 saturated carbocycles. The first-order chi connectivity index (χ1) is 18.5. The predicted octanol–water partition coefficient (Wildman–Crippen LogP) is 1.36. The average Bonchev–Trinajstić information content (AvgIpc) is 3.38. The Morgan fingerprint density at radius 2 is 1.66 bits per heavy atom. The number of nitrogens with two attached hydrogens (primary N) is 1. The van der Waals surface area contributed by atoms with E-state index in [1.165, 1.54) is 0 Å². The number of benzene rings is 1. The number of aromatic nitrogens is 4. The second kappa shape index (κ2) is 10.5. The van der Waals surface area contributed by atoms with Crippen molar-refractivity contribution < 1.29 is 9.53 Å². The van der Waals surface area contributed by atoms with Gasteiger partial charge in [0, 0.05) is 75.0 Å². The fraction of sp³-hybridized carbons (Fsp3) is 0.444. The number of piperazine rings is 1. The van der Waals surface area contributed by atoms with Crippen molar-refractivity contribution in [3.8, 4) is 11.3 Å². The summed E-state index contributed by atoms with van der Waals surface area (Å²) in [4.78, 5) is 39.8. The van der Waals surface area contributed by atoms with Crippen molar-refractivity contribution in [2.24, 2.45) is 0 Å². The van der Waals surface area contributed by atoms with Crippen LogP contribution < -0.4 is 15.5 Å². The number of fused-ring (bicyclic) bond motifs is 1. The van der Waals surface area contributed by atoms with E-state index in [1.54, 1.807) is 12.4 Å². The van der Waals surface area contributed by atoms with Crippen LogP contribution in [-0.2, 0) is 22.4 Å². The van der Waals surface area contributed by atoms with Crippen LogP contribution in [0.5, 0.6) is 0 Å². The molecule has 2 aromatic heterocycles. The number of morpholine rings is 1. The van der Waals surface area contributed by atoms with E-state index in [-0.39, 0.29) is 11.9 Å². The molecule has 198 valence electrons. The number of hydrogen-bond acceptors (Lipinski definition) is 10. The minimum Gasteiger partial charge on any atom is -0.378 e. The Balaban J connectivity index is 1.27. The van der Waals surface area contributed by atoms with Crippen LogP contribution in [0.15, 0.2) is 36.7 Å². The summed E-state index contributed by atoms with van der Waals surface area (Å²) in [5.41, 5.74) is 10.6. The highest BCUT2D eigenvalue weighted by atomic mass is 16.5. The van der Waals surface area contributed by atoms with Crippen molar-refractivity contribution in [3.63, 3.8) is 0 Å². The molecule has 38 heavy (non-hydrogen) atoms. The molecule has 11 nitrogen and oxygen atoms in total. The van der Waals surface area contributed by atoms with E-state index in [4.69, 9.17) is 20.4 Å². The number of nitrogens with zero attached hydrogens (tertiary/aromatic N) is 8. The van der Waals surface area contributed by atoms with E-state index >= 15 is 0 Å². The van der Waals surface area contributed by atoms with Crippen LogP contribution in [0.2, 0.25) is 0 Å². The number of ether oxygens (including phenoxy) is 1. The molecule has 0 spiro atoms. The molecule has 0 unspecified atom stereocenters. The van der Waals surface area contributed by atoms with E-state index in [0.717, 1.165) is 86.1 Å². The van der Waals surface area contributed by atoms with Gasteiger partial charge in [-0.05, 0) is 31.2 Å². The topological polar surface area (TPSA) is 117 Å². The zero-order valence-electron chi connectivity index (χ0n) is 21.7. The normalized spacial score (nSPS) is 18.1. The summed E-state index contributed by atoms with van der Waals surface area (Å²) >= 11 is 0. The molecule has 0 atom stereocenters. The van der Waals surface area contributed by atoms with Crippen LogP contribution in [0.3, 0.4) is 0 Å². The molecule has 3 aromatic rings. The first kappa shape index (κ1) is 24.5. The van der Waals surface area contributed by atoms with E-state index in [0.29, 0.717) is 25.6 Å². The van der Waals surface area contributed by atoms with E-state index in [2.05, 4.69) is 56.0 Å². The first-order valence-electron chi connectivity index (χ1n) is 13.2. The molecule has 1 aromatic carbocycles. The van der Waals surface area contributed by atoms with Gasteiger partial charge in [-0.1, -0.05) is 12.1 Å².